The van der Waals surface area contributed by atoms with Crippen LogP contribution in [0.4, 0.5) is 0 Å². The molecule has 4 heteroatoms. The lowest BCUT2D eigenvalue weighted by Gasteiger charge is -2.00. The normalized spacial score (nSPS) is 10.1. The molecule has 0 unspecified atom stereocenters. The van der Waals surface area contributed by atoms with Gasteiger partial charge in [0.05, 0.1) is 5.02 Å². The second-order valence-electron chi connectivity index (χ2n) is 2.82. The van der Waals surface area contributed by atoms with Gasteiger partial charge < -0.3 is 4.79 Å². The van der Waals surface area contributed by atoms with E-state index in [1.165, 1.54) is 0 Å². The van der Waals surface area contributed by atoms with Crippen molar-refractivity contribution in [3.8, 4) is 0 Å². The van der Waals surface area contributed by atoms with Crippen LogP contribution in [0.3, 0.4) is 0 Å². The maximum atomic E-state index is 10.7. The number of hydrogen-bond acceptors (Lipinski definition) is 2. The minimum atomic E-state index is 0.158. The van der Waals surface area contributed by atoms with E-state index in [2.05, 4.69) is 4.98 Å². The van der Waals surface area contributed by atoms with E-state index in [1.807, 2.05) is 0 Å². The molecule has 1 aromatic rings. The molecule has 1 heterocycles. The van der Waals surface area contributed by atoms with Gasteiger partial charge in [-0.2, -0.15) is 0 Å². The number of pyridine rings is 1. The van der Waals surface area contributed by atoms with E-state index in [0.29, 0.717) is 23.0 Å². The summed E-state index contributed by atoms with van der Waals surface area (Å²) in [6.07, 6.45) is 2.82. The molecule has 0 bridgehead atoms. The van der Waals surface area contributed by atoms with Gasteiger partial charge in [-0.05, 0) is 25.0 Å². The van der Waals surface area contributed by atoms with Crippen LogP contribution in [0, 0.1) is 0 Å². The first kappa shape index (κ1) is 10.5. The zero-order chi connectivity index (χ0) is 9.84. The molecule has 0 aromatic carbocycles. The summed E-state index contributed by atoms with van der Waals surface area (Å²) >= 11 is 11.4. The first-order chi connectivity index (χ1) is 6.09. The van der Waals surface area contributed by atoms with E-state index in [0.717, 1.165) is 5.56 Å². The van der Waals surface area contributed by atoms with E-state index in [4.69, 9.17) is 23.2 Å². The average molecular weight is 218 g/mol. The van der Waals surface area contributed by atoms with Crippen LogP contribution in [0.2, 0.25) is 10.2 Å². The molecule has 1 rings (SSSR count). The van der Waals surface area contributed by atoms with Crippen LogP contribution in [-0.2, 0) is 11.2 Å². The molecule has 0 saturated heterocycles. The minimum absolute atomic E-state index is 0.158. The lowest BCUT2D eigenvalue weighted by molar-refractivity contribution is -0.116. The molecule has 0 radical (unpaired) electrons. The first-order valence-electron chi connectivity index (χ1n) is 3.89. The number of aromatic nitrogens is 1. The third-order valence-electron chi connectivity index (χ3n) is 1.62. The molecule has 0 amide bonds. The number of halogens is 2. The van der Waals surface area contributed by atoms with Gasteiger partial charge in [0.2, 0.25) is 0 Å². The number of aryl methyl sites for hydroxylation is 1. The van der Waals surface area contributed by atoms with Crippen LogP contribution in [0.1, 0.15) is 18.9 Å². The fourth-order valence-electron chi connectivity index (χ4n) is 0.918. The molecular weight excluding hydrogens is 209 g/mol. The van der Waals surface area contributed by atoms with Gasteiger partial charge in [-0.1, -0.05) is 23.2 Å². The number of hydrogen-bond donors (Lipinski definition) is 0. The van der Waals surface area contributed by atoms with Crippen molar-refractivity contribution in [1.29, 1.82) is 0 Å². The molecule has 0 fully saturated rings. The Balaban J connectivity index is 2.68. The average Bonchev–Trinajstić information content (AvgIpc) is 2.07. The molecule has 2 nitrogen and oxygen atoms in total. The van der Waals surface area contributed by atoms with E-state index < -0.39 is 0 Å². The molecule has 0 aliphatic carbocycles. The number of rotatable bonds is 3. The van der Waals surface area contributed by atoms with Crippen LogP contribution in [0.25, 0.3) is 0 Å². The number of ketones is 1. The van der Waals surface area contributed by atoms with E-state index in [9.17, 15) is 4.79 Å². The second-order valence-corrected chi connectivity index (χ2v) is 3.58. The van der Waals surface area contributed by atoms with Crippen molar-refractivity contribution in [2.75, 3.05) is 0 Å². The van der Waals surface area contributed by atoms with Crippen molar-refractivity contribution in [2.24, 2.45) is 0 Å². The Morgan fingerprint density at radius 1 is 1.54 bits per heavy atom. The predicted octanol–water partition coefficient (Wildman–Crippen LogP) is 2.91. The second kappa shape index (κ2) is 4.58. The topological polar surface area (TPSA) is 30.0 Å². The molecule has 0 saturated carbocycles. The summed E-state index contributed by atoms with van der Waals surface area (Å²) in [5.74, 6) is 0.158. The molecule has 0 atom stereocenters. The predicted molar refractivity (Wildman–Crippen MR) is 53.3 cm³/mol. The third kappa shape index (κ3) is 3.33. The van der Waals surface area contributed by atoms with Crippen molar-refractivity contribution in [1.82, 2.24) is 4.98 Å². The van der Waals surface area contributed by atoms with Crippen molar-refractivity contribution >= 4 is 29.0 Å². The highest BCUT2D eigenvalue weighted by molar-refractivity contribution is 6.41. The van der Waals surface area contributed by atoms with E-state index >= 15 is 0 Å². The number of nitrogens with zero attached hydrogens (tertiary/aromatic N) is 1. The lowest BCUT2D eigenvalue weighted by atomic mass is 10.1. The van der Waals surface area contributed by atoms with Crippen molar-refractivity contribution in [3.63, 3.8) is 0 Å². The Morgan fingerprint density at radius 2 is 2.23 bits per heavy atom. The maximum Gasteiger partial charge on any atom is 0.147 e. The minimum Gasteiger partial charge on any atom is -0.300 e. The molecule has 70 valence electrons. The highest BCUT2D eigenvalue weighted by atomic mass is 35.5. The monoisotopic (exact) mass is 217 g/mol. The molecule has 0 N–H and O–H groups in total. The maximum absolute atomic E-state index is 10.7. The Kier molecular flexibility index (Phi) is 3.70. The van der Waals surface area contributed by atoms with Gasteiger partial charge in [-0.3, -0.25) is 0 Å². The standard InChI is InChI=1S/C9H9Cl2NO/c1-6(13)2-3-7-4-8(10)9(11)12-5-7/h4-5H,2-3H2,1H3. The van der Waals surface area contributed by atoms with Gasteiger partial charge in [0.1, 0.15) is 10.9 Å². The van der Waals surface area contributed by atoms with Crippen LogP contribution in [0.15, 0.2) is 12.3 Å². The summed E-state index contributed by atoms with van der Waals surface area (Å²) < 4.78 is 0. The van der Waals surface area contributed by atoms with E-state index in [-0.39, 0.29) is 5.78 Å². The quantitative estimate of drug-likeness (QED) is 0.730. The van der Waals surface area contributed by atoms with Gasteiger partial charge in [0.25, 0.3) is 0 Å². The summed E-state index contributed by atoms with van der Waals surface area (Å²) in [5, 5.41) is 0.732. The van der Waals surface area contributed by atoms with Crippen molar-refractivity contribution < 1.29 is 4.79 Å². The van der Waals surface area contributed by atoms with Crippen LogP contribution < -0.4 is 0 Å². The molecule has 0 spiro atoms. The highest BCUT2D eigenvalue weighted by Crippen LogP contribution is 2.20. The Morgan fingerprint density at radius 3 is 2.77 bits per heavy atom. The SMILES string of the molecule is CC(=O)CCc1cnc(Cl)c(Cl)c1. The van der Waals surface area contributed by atoms with Crippen LogP contribution >= 0.6 is 23.2 Å². The fourth-order valence-corrected chi connectivity index (χ4v) is 1.21. The first-order valence-corrected chi connectivity index (χ1v) is 4.64. The van der Waals surface area contributed by atoms with E-state index in [1.54, 1.807) is 19.2 Å². The summed E-state index contributed by atoms with van der Waals surface area (Å²) in [7, 11) is 0. The smallest absolute Gasteiger partial charge is 0.147 e. The van der Waals surface area contributed by atoms with Crippen molar-refractivity contribution in [3.05, 3.63) is 28.0 Å². The molecule has 0 aliphatic rings. The summed E-state index contributed by atoms with van der Waals surface area (Å²) in [4.78, 5) is 14.6. The largest absolute Gasteiger partial charge is 0.300 e. The van der Waals surface area contributed by atoms with Gasteiger partial charge in [-0.15, -0.1) is 0 Å². The lowest BCUT2D eigenvalue weighted by Crippen LogP contribution is -1.94. The van der Waals surface area contributed by atoms with Crippen LogP contribution in [0.5, 0.6) is 0 Å². The summed E-state index contributed by atoms with van der Waals surface area (Å²) in [6.45, 7) is 1.56. The summed E-state index contributed by atoms with van der Waals surface area (Å²) in [5.41, 5.74) is 0.935. The molecule has 13 heavy (non-hydrogen) atoms. The number of Topliss-reactive ketones (excluding diaryl/α,β-unsaturated/α-hetero) is 1. The molecule has 0 aliphatic heterocycles. The number of carbonyl (C=O) groups excluding carboxylic acids is 1. The van der Waals surface area contributed by atoms with Gasteiger partial charge in [-0.25, -0.2) is 4.98 Å². The zero-order valence-electron chi connectivity index (χ0n) is 7.18. The van der Waals surface area contributed by atoms with Gasteiger partial charge in [0.15, 0.2) is 0 Å². The Hall–Kier alpha value is -0.600. The summed E-state index contributed by atoms with van der Waals surface area (Å²) in [6, 6.07) is 1.74. The zero-order valence-corrected chi connectivity index (χ0v) is 8.69. The van der Waals surface area contributed by atoms with Gasteiger partial charge >= 0.3 is 0 Å². The Labute approximate surface area is 86.9 Å². The third-order valence-corrected chi connectivity index (χ3v) is 2.30. The highest BCUT2D eigenvalue weighted by Gasteiger charge is 2.01. The fraction of sp³-hybridized carbons (Fsp3) is 0.333. The number of carbonyl (C=O) groups is 1. The Bertz CT molecular complexity index is 325. The van der Waals surface area contributed by atoms with Crippen LogP contribution in [-0.4, -0.2) is 10.8 Å². The van der Waals surface area contributed by atoms with Gasteiger partial charge in [0, 0.05) is 12.6 Å². The molecule has 1 aromatic heterocycles. The van der Waals surface area contributed by atoms with Crippen molar-refractivity contribution in [2.45, 2.75) is 19.8 Å². The molecular formula is C9H9Cl2NO.